The first-order valence-electron chi connectivity index (χ1n) is 5.67. The highest BCUT2D eigenvalue weighted by Gasteiger charge is 2.39. The van der Waals surface area contributed by atoms with Crippen LogP contribution in [0.1, 0.15) is 26.7 Å². The molecule has 1 aliphatic rings. The summed E-state index contributed by atoms with van der Waals surface area (Å²) in [6, 6.07) is 0. The third kappa shape index (κ3) is 3.69. The van der Waals surface area contributed by atoms with Crippen LogP contribution in [0, 0.1) is 0 Å². The average Bonchev–Trinajstić information content (AvgIpc) is 2.46. The second-order valence-corrected chi connectivity index (χ2v) is 6.40. The molecule has 6 heteroatoms. The second-order valence-electron chi connectivity index (χ2n) is 4.56. The van der Waals surface area contributed by atoms with Crippen LogP contribution in [0.5, 0.6) is 0 Å². The van der Waals surface area contributed by atoms with Crippen molar-refractivity contribution in [2.24, 2.45) is 0 Å². The summed E-state index contributed by atoms with van der Waals surface area (Å²) < 4.78 is 31.8. The molecule has 16 heavy (non-hydrogen) atoms. The topological polar surface area (TPSA) is 67.4 Å². The number of hydrogen-bond acceptors (Lipinski definition) is 4. The fourth-order valence-corrected chi connectivity index (χ4v) is 3.42. The Kier molecular flexibility index (Phi) is 4.73. The van der Waals surface area contributed by atoms with E-state index in [0.29, 0.717) is 19.6 Å². The van der Waals surface area contributed by atoms with Crippen LogP contribution in [0.3, 0.4) is 0 Å². The van der Waals surface area contributed by atoms with Crippen molar-refractivity contribution in [3.63, 3.8) is 0 Å². The second kappa shape index (κ2) is 5.44. The van der Waals surface area contributed by atoms with Crippen molar-refractivity contribution in [1.29, 1.82) is 0 Å². The Morgan fingerprint density at radius 3 is 2.69 bits per heavy atom. The number of ether oxygens (including phenoxy) is 1. The Hall–Kier alpha value is -0.170. The minimum absolute atomic E-state index is 0.0634. The Labute approximate surface area is 98.0 Å². The van der Waals surface area contributed by atoms with Crippen LogP contribution < -0.4 is 10.0 Å². The summed E-state index contributed by atoms with van der Waals surface area (Å²) in [5.41, 5.74) is -0.446. The lowest BCUT2D eigenvalue weighted by Gasteiger charge is -2.28. The van der Waals surface area contributed by atoms with Crippen molar-refractivity contribution in [3.8, 4) is 0 Å². The van der Waals surface area contributed by atoms with Gasteiger partial charge in [-0.2, -0.15) is 0 Å². The van der Waals surface area contributed by atoms with Gasteiger partial charge in [0.15, 0.2) is 0 Å². The Bertz CT molecular complexity index is 318. The van der Waals surface area contributed by atoms with Gasteiger partial charge in [-0.15, -0.1) is 0 Å². The summed E-state index contributed by atoms with van der Waals surface area (Å²) in [5.74, 6) is 0.163. The van der Waals surface area contributed by atoms with Crippen LogP contribution >= 0.6 is 0 Å². The summed E-state index contributed by atoms with van der Waals surface area (Å²) in [6.07, 6.45) is 1.29. The molecular formula is C10H22N2O3S. The molecule has 5 nitrogen and oxygen atoms in total. The summed E-state index contributed by atoms with van der Waals surface area (Å²) in [4.78, 5) is 0. The van der Waals surface area contributed by atoms with E-state index in [1.54, 1.807) is 0 Å². The van der Waals surface area contributed by atoms with E-state index in [4.69, 9.17) is 4.74 Å². The summed E-state index contributed by atoms with van der Waals surface area (Å²) >= 11 is 0. The molecule has 2 atom stereocenters. The fraction of sp³-hybridized carbons (Fsp3) is 1.00. The minimum Gasteiger partial charge on any atom is -0.376 e. The van der Waals surface area contributed by atoms with E-state index in [9.17, 15) is 8.42 Å². The highest BCUT2D eigenvalue weighted by Crippen LogP contribution is 2.25. The number of rotatable bonds is 6. The molecule has 2 unspecified atom stereocenters. The van der Waals surface area contributed by atoms with Crippen LogP contribution in [-0.4, -0.2) is 46.0 Å². The van der Waals surface area contributed by atoms with E-state index in [1.807, 2.05) is 20.9 Å². The smallest absolute Gasteiger partial charge is 0.212 e. The van der Waals surface area contributed by atoms with Crippen LogP contribution in [0.4, 0.5) is 0 Å². The first-order valence-corrected chi connectivity index (χ1v) is 7.33. The summed E-state index contributed by atoms with van der Waals surface area (Å²) in [7, 11) is -1.38. The molecule has 0 aromatic heterocycles. The Morgan fingerprint density at radius 1 is 1.50 bits per heavy atom. The van der Waals surface area contributed by atoms with Crippen molar-refractivity contribution >= 4 is 10.0 Å². The minimum atomic E-state index is -3.20. The maximum Gasteiger partial charge on any atom is 0.212 e. The van der Waals surface area contributed by atoms with Crippen molar-refractivity contribution in [3.05, 3.63) is 0 Å². The molecule has 0 aromatic rings. The number of hydrogen-bond donors (Lipinski definition) is 2. The zero-order valence-electron chi connectivity index (χ0n) is 10.2. The lowest BCUT2D eigenvalue weighted by atomic mass is 9.97. The summed E-state index contributed by atoms with van der Waals surface area (Å²) in [6.45, 7) is 5.14. The van der Waals surface area contributed by atoms with E-state index in [0.717, 1.165) is 6.42 Å². The predicted octanol–water partition coefficient (Wildman–Crippen LogP) is 0.0828. The lowest BCUT2D eigenvalue weighted by molar-refractivity contribution is 0.0957. The molecule has 0 bridgehead atoms. The molecule has 0 amide bonds. The highest BCUT2D eigenvalue weighted by atomic mass is 32.2. The SMILES string of the molecule is CNCCCS(=O)(=O)NC1(C)CCOC1C. The molecule has 1 aliphatic heterocycles. The maximum atomic E-state index is 11.8. The molecule has 0 aliphatic carbocycles. The third-order valence-electron chi connectivity index (χ3n) is 3.11. The van der Waals surface area contributed by atoms with Crippen molar-refractivity contribution in [2.45, 2.75) is 38.3 Å². The van der Waals surface area contributed by atoms with E-state index < -0.39 is 15.6 Å². The van der Waals surface area contributed by atoms with Crippen LogP contribution in [0.2, 0.25) is 0 Å². The maximum absolute atomic E-state index is 11.8. The first kappa shape index (κ1) is 13.9. The zero-order valence-corrected chi connectivity index (χ0v) is 11.1. The van der Waals surface area contributed by atoms with E-state index in [1.165, 1.54) is 0 Å². The van der Waals surface area contributed by atoms with Gasteiger partial charge in [-0.05, 0) is 40.3 Å². The van der Waals surface area contributed by atoms with Gasteiger partial charge in [-0.25, -0.2) is 13.1 Å². The van der Waals surface area contributed by atoms with Gasteiger partial charge in [0.1, 0.15) is 0 Å². The Morgan fingerprint density at radius 2 is 2.19 bits per heavy atom. The molecule has 0 saturated carbocycles. The monoisotopic (exact) mass is 250 g/mol. The molecule has 2 N–H and O–H groups in total. The molecule has 1 fully saturated rings. The van der Waals surface area contributed by atoms with Gasteiger partial charge in [-0.3, -0.25) is 0 Å². The van der Waals surface area contributed by atoms with Gasteiger partial charge in [-0.1, -0.05) is 0 Å². The van der Waals surface area contributed by atoms with Crippen molar-refractivity contribution < 1.29 is 13.2 Å². The highest BCUT2D eigenvalue weighted by molar-refractivity contribution is 7.89. The van der Waals surface area contributed by atoms with Crippen molar-refractivity contribution in [2.75, 3.05) is 26.0 Å². The number of sulfonamides is 1. The van der Waals surface area contributed by atoms with Gasteiger partial charge in [0.05, 0.1) is 17.4 Å². The molecule has 1 saturated heterocycles. The van der Waals surface area contributed by atoms with E-state index in [-0.39, 0.29) is 11.9 Å². The lowest BCUT2D eigenvalue weighted by Crippen LogP contribution is -2.51. The molecule has 0 radical (unpaired) electrons. The molecule has 0 aromatic carbocycles. The fourth-order valence-electron chi connectivity index (χ4n) is 1.81. The normalized spacial score (nSPS) is 30.8. The van der Waals surface area contributed by atoms with Gasteiger partial charge >= 0.3 is 0 Å². The summed E-state index contributed by atoms with van der Waals surface area (Å²) in [5, 5.41) is 2.94. The quantitative estimate of drug-likeness (QED) is 0.655. The average molecular weight is 250 g/mol. The van der Waals surface area contributed by atoms with Crippen molar-refractivity contribution in [1.82, 2.24) is 10.0 Å². The first-order chi connectivity index (χ1) is 7.40. The van der Waals surface area contributed by atoms with E-state index >= 15 is 0 Å². The standard InChI is InChI=1S/C10H22N2O3S/c1-9-10(2,5-7-15-9)12-16(13,14)8-4-6-11-3/h9,11-12H,4-8H2,1-3H3. The Balaban J connectivity index is 2.51. The molecule has 96 valence electrons. The van der Waals surface area contributed by atoms with Gasteiger partial charge < -0.3 is 10.1 Å². The van der Waals surface area contributed by atoms with Crippen LogP contribution in [0.25, 0.3) is 0 Å². The molecule has 1 heterocycles. The molecular weight excluding hydrogens is 228 g/mol. The number of nitrogens with one attached hydrogen (secondary N) is 2. The largest absolute Gasteiger partial charge is 0.376 e. The zero-order chi connectivity index (χ0) is 12.2. The van der Waals surface area contributed by atoms with E-state index in [2.05, 4.69) is 10.0 Å². The van der Waals surface area contributed by atoms with Crippen LogP contribution in [0.15, 0.2) is 0 Å². The predicted molar refractivity (Wildman–Crippen MR) is 63.9 cm³/mol. The molecule has 1 rings (SSSR count). The molecule has 0 spiro atoms. The van der Waals surface area contributed by atoms with Gasteiger partial charge in [0.2, 0.25) is 10.0 Å². The third-order valence-corrected chi connectivity index (χ3v) is 4.72. The van der Waals surface area contributed by atoms with Crippen LogP contribution in [-0.2, 0) is 14.8 Å². The van der Waals surface area contributed by atoms with Gasteiger partial charge in [0, 0.05) is 6.61 Å². The van der Waals surface area contributed by atoms with Gasteiger partial charge in [0.25, 0.3) is 0 Å².